The van der Waals surface area contributed by atoms with Gasteiger partial charge in [0, 0.05) is 25.6 Å². The number of nitrogens with zero attached hydrogens (tertiary/aromatic N) is 1. The Balaban J connectivity index is 2.55. The molecule has 1 heterocycles. The van der Waals surface area contributed by atoms with Gasteiger partial charge in [0.15, 0.2) is 0 Å². The molecule has 5 heteroatoms. The summed E-state index contributed by atoms with van der Waals surface area (Å²) in [5.41, 5.74) is 4.88. The molecular formula is C14H26N2O3. The molecular weight excluding hydrogens is 244 g/mol. The Labute approximate surface area is 115 Å². The first-order valence-electron chi connectivity index (χ1n) is 7.06. The summed E-state index contributed by atoms with van der Waals surface area (Å²) in [4.78, 5) is 25.2. The van der Waals surface area contributed by atoms with E-state index < -0.39 is 11.4 Å². The van der Waals surface area contributed by atoms with Gasteiger partial charge in [-0.15, -0.1) is 0 Å². The van der Waals surface area contributed by atoms with E-state index in [1.54, 1.807) is 4.90 Å². The Bertz CT molecular complexity index is 342. The summed E-state index contributed by atoms with van der Waals surface area (Å²) in [7, 11) is 0. The number of carbonyl (C=O) groups is 2. The van der Waals surface area contributed by atoms with Crippen molar-refractivity contribution < 1.29 is 14.7 Å². The van der Waals surface area contributed by atoms with Crippen molar-refractivity contribution in [1.82, 2.24) is 4.90 Å². The number of hydrogen-bond donors (Lipinski definition) is 2. The lowest BCUT2D eigenvalue weighted by Crippen LogP contribution is -2.40. The third kappa shape index (κ3) is 3.69. The summed E-state index contributed by atoms with van der Waals surface area (Å²) in [5, 5.41) is 9.43. The van der Waals surface area contributed by atoms with Crippen molar-refractivity contribution in [2.24, 2.45) is 17.1 Å². The molecule has 1 saturated heterocycles. The fourth-order valence-corrected chi connectivity index (χ4v) is 2.67. The molecule has 5 nitrogen and oxygen atoms in total. The number of carboxylic acids is 1. The molecule has 2 unspecified atom stereocenters. The molecule has 0 radical (unpaired) electrons. The van der Waals surface area contributed by atoms with Crippen molar-refractivity contribution in [1.29, 1.82) is 0 Å². The van der Waals surface area contributed by atoms with E-state index in [4.69, 9.17) is 5.73 Å². The standard InChI is InChI=1S/C14H26N2O3/c1-10(2)14(13(18)19)7-8-16(9-14)12(17)6-4-5-11(3)15/h10-11H,4-9,15H2,1-3H3,(H,18,19). The van der Waals surface area contributed by atoms with Crippen LogP contribution in [-0.4, -0.2) is 41.0 Å². The molecule has 0 spiro atoms. The molecule has 1 aliphatic heterocycles. The first kappa shape index (κ1) is 16.0. The molecule has 0 saturated carbocycles. The van der Waals surface area contributed by atoms with Crippen molar-refractivity contribution in [3.05, 3.63) is 0 Å². The monoisotopic (exact) mass is 270 g/mol. The molecule has 0 aromatic rings. The average Bonchev–Trinajstić information content (AvgIpc) is 2.74. The summed E-state index contributed by atoms with van der Waals surface area (Å²) in [5.74, 6) is -0.690. The number of likely N-dealkylation sites (tertiary alicyclic amines) is 1. The lowest BCUT2D eigenvalue weighted by molar-refractivity contribution is -0.151. The molecule has 0 bridgehead atoms. The fourth-order valence-electron chi connectivity index (χ4n) is 2.67. The second kappa shape index (κ2) is 6.37. The normalized spacial score (nSPS) is 24.8. The van der Waals surface area contributed by atoms with Crippen molar-refractivity contribution in [3.63, 3.8) is 0 Å². The van der Waals surface area contributed by atoms with Gasteiger partial charge in [-0.3, -0.25) is 9.59 Å². The van der Waals surface area contributed by atoms with Gasteiger partial charge in [0.1, 0.15) is 0 Å². The zero-order valence-electron chi connectivity index (χ0n) is 12.2. The highest BCUT2D eigenvalue weighted by Gasteiger charge is 2.48. The second-order valence-electron chi connectivity index (χ2n) is 6.05. The molecule has 0 aromatic carbocycles. The van der Waals surface area contributed by atoms with Crippen LogP contribution < -0.4 is 5.73 Å². The van der Waals surface area contributed by atoms with Crippen molar-refractivity contribution in [3.8, 4) is 0 Å². The molecule has 1 fully saturated rings. The number of carboxylic acid groups (broad SMARTS) is 1. The molecule has 2 atom stereocenters. The molecule has 0 aliphatic carbocycles. The van der Waals surface area contributed by atoms with Crippen LogP contribution in [0, 0.1) is 11.3 Å². The van der Waals surface area contributed by atoms with E-state index in [0.717, 1.165) is 12.8 Å². The van der Waals surface area contributed by atoms with Gasteiger partial charge in [0.25, 0.3) is 0 Å². The fraction of sp³-hybridized carbons (Fsp3) is 0.857. The van der Waals surface area contributed by atoms with E-state index in [-0.39, 0.29) is 17.9 Å². The van der Waals surface area contributed by atoms with Crippen LogP contribution in [0.4, 0.5) is 0 Å². The van der Waals surface area contributed by atoms with E-state index in [1.165, 1.54) is 0 Å². The van der Waals surface area contributed by atoms with Gasteiger partial charge in [-0.2, -0.15) is 0 Å². The minimum atomic E-state index is -0.784. The molecule has 1 rings (SSSR count). The summed E-state index contributed by atoms with van der Waals surface area (Å²) in [6, 6.07) is 0.111. The van der Waals surface area contributed by atoms with Gasteiger partial charge in [-0.25, -0.2) is 0 Å². The van der Waals surface area contributed by atoms with Crippen LogP contribution in [0.1, 0.15) is 46.5 Å². The highest BCUT2D eigenvalue weighted by atomic mass is 16.4. The third-order valence-electron chi connectivity index (χ3n) is 4.23. The lowest BCUT2D eigenvalue weighted by Gasteiger charge is -2.28. The first-order chi connectivity index (χ1) is 8.79. The zero-order chi connectivity index (χ0) is 14.6. The third-order valence-corrected chi connectivity index (χ3v) is 4.23. The lowest BCUT2D eigenvalue weighted by atomic mass is 9.76. The molecule has 1 aliphatic rings. The maximum Gasteiger partial charge on any atom is 0.311 e. The van der Waals surface area contributed by atoms with E-state index >= 15 is 0 Å². The number of nitrogens with two attached hydrogens (primary N) is 1. The Hall–Kier alpha value is -1.10. The highest BCUT2D eigenvalue weighted by molar-refractivity contribution is 5.80. The topological polar surface area (TPSA) is 83.6 Å². The maximum atomic E-state index is 12.1. The Morgan fingerprint density at radius 1 is 1.37 bits per heavy atom. The largest absolute Gasteiger partial charge is 0.481 e. The predicted octanol–water partition coefficient (Wildman–Crippen LogP) is 1.46. The van der Waals surface area contributed by atoms with Crippen LogP contribution in [0.2, 0.25) is 0 Å². The Morgan fingerprint density at radius 3 is 2.42 bits per heavy atom. The summed E-state index contributed by atoms with van der Waals surface area (Å²) in [6.45, 7) is 6.66. The SMILES string of the molecule is CC(N)CCCC(=O)N1CCC(C(=O)O)(C(C)C)C1. The highest BCUT2D eigenvalue weighted by Crippen LogP contribution is 2.38. The van der Waals surface area contributed by atoms with Crippen LogP contribution >= 0.6 is 0 Å². The smallest absolute Gasteiger partial charge is 0.311 e. The van der Waals surface area contributed by atoms with Crippen molar-refractivity contribution >= 4 is 11.9 Å². The number of amides is 1. The Kier molecular flexibility index (Phi) is 5.35. The number of rotatable bonds is 6. The van der Waals surface area contributed by atoms with Gasteiger partial charge >= 0.3 is 5.97 Å². The quantitative estimate of drug-likeness (QED) is 0.765. The van der Waals surface area contributed by atoms with E-state index in [0.29, 0.717) is 25.9 Å². The predicted molar refractivity (Wildman–Crippen MR) is 73.6 cm³/mol. The average molecular weight is 270 g/mol. The van der Waals surface area contributed by atoms with Gasteiger partial charge in [0.2, 0.25) is 5.91 Å². The molecule has 3 N–H and O–H groups in total. The molecule has 0 aromatic heterocycles. The molecule has 19 heavy (non-hydrogen) atoms. The van der Waals surface area contributed by atoms with Gasteiger partial charge in [0.05, 0.1) is 5.41 Å². The summed E-state index contributed by atoms with van der Waals surface area (Å²) >= 11 is 0. The minimum absolute atomic E-state index is 0.0341. The Morgan fingerprint density at radius 2 is 2.00 bits per heavy atom. The number of aliphatic carboxylic acids is 1. The minimum Gasteiger partial charge on any atom is -0.481 e. The van der Waals surface area contributed by atoms with Crippen LogP contribution in [0.3, 0.4) is 0 Å². The van der Waals surface area contributed by atoms with Crippen molar-refractivity contribution in [2.75, 3.05) is 13.1 Å². The number of hydrogen-bond acceptors (Lipinski definition) is 3. The molecule has 110 valence electrons. The van der Waals surface area contributed by atoms with E-state index in [2.05, 4.69) is 0 Å². The first-order valence-corrected chi connectivity index (χ1v) is 7.06. The van der Waals surface area contributed by atoms with Gasteiger partial charge in [-0.05, 0) is 32.1 Å². The van der Waals surface area contributed by atoms with E-state index in [1.807, 2.05) is 20.8 Å². The summed E-state index contributed by atoms with van der Waals surface area (Å²) < 4.78 is 0. The molecule has 1 amide bonds. The van der Waals surface area contributed by atoms with Crippen molar-refractivity contribution in [2.45, 2.75) is 52.5 Å². The van der Waals surface area contributed by atoms with Crippen LogP contribution in [-0.2, 0) is 9.59 Å². The number of carbonyl (C=O) groups excluding carboxylic acids is 1. The van der Waals surface area contributed by atoms with Crippen LogP contribution in [0.5, 0.6) is 0 Å². The van der Waals surface area contributed by atoms with Crippen LogP contribution in [0.15, 0.2) is 0 Å². The maximum absolute atomic E-state index is 12.1. The van der Waals surface area contributed by atoms with Gasteiger partial charge in [-0.1, -0.05) is 13.8 Å². The van der Waals surface area contributed by atoms with Gasteiger partial charge < -0.3 is 15.7 Å². The second-order valence-corrected chi connectivity index (χ2v) is 6.05. The van der Waals surface area contributed by atoms with Crippen LogP contribution in [0.25, 0.3) is 0 Å². The zero-order valence-corrected chi connectivity index (χ0v) is 12.2. The van der Waals surface area contributed by atoms with E-state index in [9.17, 15) is 14.7 Å². The summed E-state index contributed by atoms with van der Waals surface area (Å²) in [6.07, 6.45) is 2.62.